The summed E-state index contributed by atoms with van der Waals surface area (Å²) >= 11 is 9.74. The van der Waals surface area contributed by atoms with Crippen LogP contribution in [0.5, 0.6) is 11.5 Å². The first-order chi connectivity index (χ1) is 9.91. The maximum atomic E-state index is 11.2. The van der Waals surface area contributed by atoms with Crippen molar-refractivity contribution in [2.75, 3.05) is 6.61 Å². The Morgan fingerprint density at radius 2 is 1.67 bits per heavy atom. The number of phenols is 1. The Morgan fingerprint density at radius 1 is 1.05 bits per heavy atom. The van der Waals surface area contributed by atoms with Crippen LogP contribution in [0, 0.1) is 0 Å². The number of rotatable bonds is 8. The van der Waals surface area contributed by atoms with E-state index in [4.69, 9.17) is 4.74 Å². The van der Waals surface area contributed by atoms with Crippen LogP contribution < -0.4 is 4.74 Å². The fraction of sp³-hybridized carbons (Fsp3) is 0.500. The summed E-state index contributed by atoms with van der Waals surface area (Å²) in [5.74, 6) is -1.45. The molecule has 0 aliphatic carbocycles. The molecular formula is C14H17Br3O4. The van der Waals surface area contributed by atoms with Gasteiger partial charge in [-0.15, -0.1) is 0 Å². The minimum Gasteiger partial charge on any atom is -0.504 e. The Kier molecular flexibility index (Phi) is 8.05. The van der Waals surface area contributed by atoms with E-state index >= 15 is 0 Å². The zero-order chi connectivity index (χ0) is 16.0. The van der Waals surface area contributed by atoms with Crippen LogP contribution in [0.1, 0.15) is 49.4 Å². The van der Waals surface area contributed by atoms with E-state index in [1.807, 2.05) is 0 Å². The Hall–Kier alpha value is -0.270. The standard InChI is InChI=1S/C14H17Br3O4/c1-2-3-4-5-6-7-21-13-11(17)10(16)9(15)8(12(13)18)14(19)20/h18H,2-7H2,1H3,(H,19,20). The minimum atomic E-state index is -1.22. The average molecular weight is 489 g/mol. The molecule has 0 heterocycles. The minimum absolute atomic E-state index is 0.151. The topological polar surface area (TPSA) is 66.8 Å². The number of ether oxygens (including phenoxy) is 1. The Morgan fingerprint density at radius 3 is 2.24 bits per heavy atom. The van der Waals surface area contributed by atoms with Crippen molar-refractivity contribution < 1.29 is 19.7 Å². The van der Waals surface area contributed by atoms with Gasteiger partial charge in [-0.25, -0.2) is 4.79 Å². The van der Waals surface area contributed by atoms with E-state index in [9.17, 15) is 15.0 Å². The van der Waals surface area contributed by atoms with Crippen LogP contribution in [0.4, 0.5) is 0 Å². The molecule has 7 heteroatoms. The van der Waals surface area contributed by atoms with E-state index in [1.54, 1.807) is 0 Å². The van der Waals surface area contributed by atoms with Crippen molar-refractivity contribution in [2.45, 2.75) is 39.0 Å². The second kappa shape index (κ2) is 9.00. The van der Waals surface area contributed by atoms with Crippen LogP contribution in [0.3, 0.4) is 0 Å². The first-order valence-corrected chi connectivity index (χ1v) is 9.05. The summed E-state index contributed by atoms with van der Waals surface area (Å²) in [5, 5.41) is 19.3. The number of unbranched alkanes of at least 4 members (excludes halogenated alkanes) is 4. The highest BCUT2D eigenvalue weighted by molar-refractivity contribution is 9.14. The van der Waals surface area contributed by atoms with E-state index in [0.29, 0.717) is 15.6 Å². The number of carboxylic acids is 1. The van der Waals surface area contributed by atoms with Crippen LogP contribution >= 0.6 is 47.8 Å². The second-order valence-electron chi connectivity index (χ2n) is 4.56. The number of carbonyl (C=O) groups is 1. The first-order valence-electron chi connectivity index (χ1n) is 6.67. The lowest BCUT2D eigenvalue weighted by Crippen LogP contribution is -2.04. The van der Waals surface area contributed by atoms with Gasteiger partial charge in [-0.2, -0.15) is 0 Å². The summed E-state index contributed by atoms with van der Waals surface area (Å²) in [4.78, 5) is 11.2. The third kappa shape index (κ3) is 4.86. The van der Waals surface area contributed by atoms with Crippen molar-refractivity contribution in [1.82, 2.24) is 0 Å². The van der Waals surface area contributed by atoms with Gasteiger partial charge in [0.1, 0.15) is 5.56 Å². The SMILES string of the molecule is CCCCCCCOc1c(O)c(C(=O)O)c(Br)c(Br)c1Br. The second-order valence-corrected chi connectivity index (χ2v) is 6.94. The molecule has 1 rings (SSSR count). The molecule has 0 unspecified atom stereocenters. The van der Waals surface area contributed by atoms with Gasteiger partial charge in [0, 0.05) is 0 Å². The molecule has 0 saturated heterocycles. The molecule has 0 saturated carbocycles. The molecule has 0 aliphatic heterocycles. The Balaban J connectivity index is 2.85. The highest BCUT2D eigenvalue weighted by Crippen LogP contribution is 2.47. The summed E-state index contributed by atoms with van der Waals surface area (Å²) in [6, 6.07) is 0. The predicted molar refractivity (Wildman–Crippen MR) is 92.4 cm³/mol. The zero-order valence-corrected chi connectivity index (χ0v) is 16.3. The van der Waals surface area contributed by atoms with Gasteiger partial charge in [0.2, 0.25) is 0 Å². The molecule has 0 aliphatic rings. The van der Waals surface area contributed by atoms with Crippen LogP contribution in [-0.2, 0) is 0 Å². The smallest absolute Gasteiger partial charge is 0.340 e. The van der Waals surface area contributed by atoms with Gasteiger partial charge in [0.15, 0.2) is 11.5 Å². The van der Waals surface area contributed by atoms with Gasteiger partial charge >= 0.3 is 5.97 Å². The highest BCUT2D eigenvalue weighted by Gasteiger charge is 2.25. The molecule has 118 valence electrons. The lowest BCUT2D eigenvalue weighted by molar-refractivity contribution is 0.0691. The number of aromatic hydroxyl groups is 1. The molecule has 0 radical (unpaired) electrons. The van der Waals surface area contributed by atoms with E-state index in [1.165, 1.54) is 12.8 Å². The molecule has 0 spiro atoms. The van der Waals surface area contributed by atoms with Crippen molar-refractivity contribution >= 4 is 53.8 Å². The van der Waals surface area contributed by atoms with Gasteiger partial charge in [-0.05, 0) is 54.2 Å². The molecule has 0 bridgehead atoms. The maximum absolute atomic E-state index is 11.2. The lowest BCUT2D eigenvalue weighted by Gasteiger charge is -2.15. The molecular weight excluding hydrogens is 472 g/mol. The summed E-state index contributed by atoms with van der Waals surface area (Å²) in [6.45, 7) is 2.58. The van der Waals surface area contributed by atoms with Gasteiger partial charge in [0.05, 0.1) is 20.0 Å². The fourth-order valence-corrected chi connectivity index (χ4v) is 3.53. The third-order valence-corrected chi connectivity index (χ3v) is 6.37. The van der Waals surface area contributed by atoms with Crippen molar-refractivity contribution in [1.29, 1.82) is 0 Å². The maximum Gasteiger partial charge on any atom is 0.340 e. The van der Waals surface area contributed by atoms with Crippen LogP contribution in [-0.4, -0.2) is 22.8 Å². The van der Waals surface area contributed by atoms with Crippen molar-refractivity contribution in [3.8, 4) is 11.5 Å². The van der Waals surface area contributed by atoms with E-state index < -0.39 is 5.97 Å². The Bertz CT molecular complexity index is 518. The third-order valence-electron chi connectivity index (χ3n) is 2.96. The van der Waals surface area contributed by atoms with Gasteiger partial charge < -0.3 is 14.9 Å². The summed E-state index contributed by atoms with van der Waals surface area (Å²) < 4.78 is 6.83. The number of hydrogen-bond acceptors (Lipinski definition) is 3. The van der Waals surface area contributed by atoms with E-state index in [2.05, 4.69) is 54.7 Å². The largest absolute Gasteiger partial charge is 0.504 e. The Labute approximate surface area is 149 Å². The van der Waals surface area contributed by atoms with Crippen molar-refractivity contribution in [2.24, 2.45) is 0 Å². The molecule has 0 atom stereocenters. The molecule has 21 heavy (non-hydrogen) atoms. The molecule has 1 aromatic carbocycles. The van der Waals surface area contributed by atoms with Gasteiger partial charge in [-0.1, -0.05) is 32.6 Å². The quantitative estimate of drug-likeness (QED) is 0.362. The molecule has 1 aromatic rings. The summed E-state index contributed by atoms with van der Waals surface area (Å²) in [5.41, 5.74) is -0.217. The van der Waals surface area contributed by atoms with E-state index in [-0.39, 0.29) is 21.5 Å². The van der Waals surface area contributed by atoms with E-state index in [0.717, 1.165) is 19.3 Å². The number of halogens is 3. The molecule has 0 amide bonds. The van der Waals surface area contributed by atoms with Crippen molar-refractivity contribution in [3.63, 3.8) is 0 Å². The van der Waals surface area contributed by atoms with Crippen LogP contribution in [0.15, 0.2) is 13.4 Å². The number of hydrogen-bond donors (Lipinski definition) is 2. The van der Waals surface area contributed by atoms with Gasteiger partial charge in [0.25, 0.3) is 0 Å². The number of carboxylic acid groups (broad SMARTS) is 1. The van der Waals surface area contributed by atoms with Crippen molar-refractivity contribution in [3.05, 3.63) is 19.0 Å². The monoisotopic (exact) mass is 486 g/mol. The fourth-order valence-electron chi connectivity index (χ4n) is 1.83. The first kappa shape index (κ1) is 18.8. The number of aromatic carboxylic acids is 1. The summed E-state index contributed by atoms with van der Waals surface area (Å²) in [6.07, 6.45) is 5.44. The van der Waals surface area contributed by atoms with Crippen LogP contribution in [0.25, 0.3) is 0 Å². The van der Waals surface area contributed by atoms with Crippen LogP contribution in [0.2, 0.25) is 0 Å². The molecule has 0 aromatic heterocycles. The summed E-state index contributed by atoms with van der Waals surface area (Å²) in [7, 11) is 0. The molecule has 4 nitrogen and oxygen atoms in total. The highest BCUT2D eigenvalue weighted by atomic mass is 79.9. The number of benzene rings is 1. The molecule has 2 N–H and O–H groups in total. The van der Waals surface area contributed by atoms with Gasteiger partial charge in [-0.3, -0.25) is 0 Å². The molecule has 0 fully saturated rings. The normalized spacial score (nSPS) is 10.7. The lowest BCUT2D eigenvalue weighted by atomic mass is 10.1. The zero-order valence-electron chi connectivity index (χ0n) is 11.6. The predicted octanol–water partition coefficient (Wildman–Crippen LogP) is 5.73. The average Bonchev–Trinajstić information content (AvgIpc) is 2.43.